The van der Waals surface area contributed by atoms with Crippen molar-refractivity contribution in [3.8, 4) is 0 Å². The Kier molecular flexibility index (Phi) is 7.25. The molecule has 0 amide bonds. The second-order valence-electron chi connectivity index (χ2n) is 5.50. The summed E-state index contributed by atoms with van der Waals surface area (Å²) >= 11 is 0. The molecule has 1 atom stereocenters. The van der Waals surface area contributed by atoms with Gasteiger partial charge in [0.15, 0.2) is 5.96 Å². The largest absolute Gasteiger partial charge is 0.468 e. The van der Waals surface area contributed by atoms with Crippen LogP contribution in [-0.2, 0) is 4.74 Å². The average Bonchev–Trinajstić information content (AvgIpc) is 3.09. The van der Waals surface area contributed by atoms with Crippen LogP contribution in [0.4, 0.5) is 0 Å². The number of ether oxygens (including phenoxy) is 1. The summed E-state index contributed by atoms with van der Waals surface area (Å²) < 4.78 is 10.7. The number of nitrogens with zero attached hydrogens (tertiary/aromatic N) is 2. The lowest BCUT2D eigenvalue weighted by atomic mass is 10.1. The van der Waals surface area contributed by atoms with Crippen LogP contribution < -0.4 is 10.6 Å². The van der Waals surface area contributed by atoms with Gasteiger partial charge in [-0.1, -0.05) is 6.42 Å². The molecule has 2 N–H and O–H groups in total. The lowest BCUT2D eigenvalue weighted by molar-refractivity contribution is 0.146. The van der Waals surface area contributed by atoms with Crippen LogP contribution >= 0.6 is 0 Å². The molecule has 2 rings (SSSR count). The maximum absolute atomic E-state index is 5.65. The summed E-state index contributed by atoms with van der Waals surface area (Å²) in [5.41, 5.74) is 0. The zero-order valence-corrected chi connectivity index (χ0v) is 13.7. The smallest absolute Gasteiger partial charge is 0.191 e. The predicted octanol–water partition coefficient (Wildman–Crippen LogP) is 1.62. The Morgan fingerprint density at radius 3 is 2.82 bits per heavy atom. The summed E-state index contributed by atoms with van der Waals surface area (Å²) in [6.07, 6.45) is 5.60. The average molecular weight is 308 g/mol. The summed E-state index contributed by atoms with van der Waals surface area (Å²) in [5, 5.41) is 6.63. The van der Waals surface area contributed by atoms with Crippen molar-refractivity contribution in [1.29, 1.82) is 0 Å². The van der Waals surface area contributed by atoms with Crippen molar-refractivity contribution in [3.63, 3.8) is 0 Å². The normalized spacial score (nSPS) is 18.2. The molecule has 1 aromatic rings. The Bertz CT molecular complexity index is 427. The highest BCUT2D eigenvalue weighted by atomic mass is 16.5. The minimum absolute atomic E-state index is 0.247. The van der Waals surface area contributed by atoms with Gasteiger partial charge < -0.3 is 19.8 Å². The number of furan rings is 1. The molecule has 1 fully saturated rings. The van der Waals surface area contributed by atoms with Crippen molar-refractivity contribution in [2.24, 2.45) is 4.99 Å². The summed E-state index contributed by atoms with van der Waals surface area (Å²) in [4.78, 5) is 6.75. The van der Waals surface area contributed by atoms with Gasteiger partial charge >= 0.3 is 0 Å². The number of piperidine rings is 1. The molecule has 1 aliphatic rings. The first-order chi connectivity index (χ1) is 10.8. The highest BCUT2D eigenvalue weighted by Crippen LogP contribution is 2.24. The molecule has 124 valence electrons. The lowest BCUT2D eigenvalue weighted by Gasteiger charge is -2.33. The van der Waals surface area contributed by atoms with Gasteiger partial charge in [0, 0.05) is 27.2 Å². The fourth-order valence-electron chi connectivity index (χ4n) is 2.81. The Balaban J connectivity index is 1.91. The fourth-order valence-corrected chi connectivity index (χ4v) is 2.81. The van der Waals surface area contributed by atoms with Crippen LogP contribution in [0.5, 0.6) is 0 Å². The second-order valence-corrected chi connectivity index (χ2v) is 5.50. The lowest BCUT2D eigenvalue weighted by Crippen LogP contribution is -2.45. The van der Waals surface area contributed by atoms with Gasteiger partial charge in [-0.05, 0) is 38.1 Å². The van der Waals surface area contributed by atoms with E-state index in [1.807, 2.05) is 6.07 Å². The van der Waals surface area contributed by atoms with E-state index in [-0.39, 0.29) is 6.04 Å². The maximum atomic E-state index is 5.65. The third-order valence-corrected chi connectivity index (χ3v) is 3.99. The molecular formula is C16H28N4O2. The van der Waals surface area contributed by atoms with Crippen LogP contribution in [0.3, 0.4) is 0 Å². The molecule has 6 heteroatoms. The van der Waals surface area contributed by atoms with Gasteiger partial charge in [0.25, 0.3) is 0 Å². The first-order valence-electron chi connectivity index (χ1n) is 8.06. The Morgan fingerprint density at radius 1 is 1.36 bits per heavy atom. The van der Waals surface area contributed by atoms with Gasteiger partial charge in [-0.2, -0.15) is 0 Å². The minimum atomic E-state index is 0.247. The number of nitrogens with one attached hydrogen (secondary N) is 2. The van der Waals surface area contributed by atoms with E-state index < -0.39 is 0 Å². The first-order valence-corrected chi connectivity index (χ1v) is 8.06. The van der Waals surface area contributed by atoms with Crippen LogP contribution in [0.25, 0.3) is 0 Å². The predicted molar refractivity (Wildman–Crippen MR) is 88.1 cm³/mol. The SMILES string of the molecule is CN=C(NCCOC)NCC(c1ccco1)N1CCCCC1. The van der Waals surface area contributed by atoms with Gasteiger partial charge in [-0.3, -0.25) is 9.89 Å². The zero-order chi connectivity index (χ0) is 15.6. The van der Waals surface area contributed by atoms with Gasteiger partial charge in [0.05, 0.1) is 18.9 Å². The quantitative estimate of drug-likeness (QED) is 0.455. The van der Waals surface area contributed by atoms with Crippen molar-refractivity contribution < 1.29 is 9.15 Å². The fraction of sp³-hybridized carbons (Fsp3) is 0.688. The van der Waals surface area contributed by atoms with Gasteiger partial charge in [0.1, 0.15) is 5.76 Å². The first kappa shape index (κ1) is 16.8. The van der Waals surface area contributed by atoms with Gasteiger partial charge in [-0.25, -0.2) is 0 Å². The molecular weight excluding hydrogens is 280 g/mol. The molecule has 1 unspecified atom stereocenters. The Labute approximate surface area is 132 Å². The third kappa shape index (κ3) is 5.03. The number of likely N-dealkylation sites (tertiary alicyclic amines) is 1. The molecule has 0 saturated carbocycles. The van der Waals surface area contributed by atoms with Crippen LogP contribution in [0.1, 0.15) is 31.1 Å². The molecule has 1 aliphatic heterocycles. The monoisotopic (exact) mass is 308 g/mol. The van der Waals surface area contributed by atoms with E-state index in [9.17, 15) is 0 Å². The van der Waals surface area contributed by atoms with E-state index in [1.54, 1.807) is 20.4 Å². The molecule has 0 aliphatic carbocycles. The standard InChI is InChI=1S/C16H28N4O2/c1-17-16(18-8-12-21-2)19-13-14(15-7-6-11-22-15)20-9-4-3-5-10-20/h6-7,11,14H,3-5,8-10,12-13H2,1-2H3,(H2,17,18,19). The molecule has 1 aromatic heterocycles. The molecule has 2 heterocycles. The molecule has 0 spiro atoms. The molecule has 22 heavy (non-hydrogen) atoms. The summed E-state index contributed by atoms with van der Waals surface area (Å²) in [6.45, 7) is 4.44. The molecule has 6 nitrogen and oxygen atoms in total. The number of rotatable bonds is 7. The summed E-state index contributed by atoms with van der Waals surface area (Å²) in [6, 6.07) is 4.26. The van der Waals surface area contributed by atoms with Crippen LogP contribution in [-0.4, -0.2) is 57.8 Å². The number of guanidine groups is 1. The summed E-state index contributed by atoms with van der Waals surface area (Å²) in [5.74, 6) is 1.81. The Hall–Kier alpha value is -1.53. The van der Waals surface area contributed by atoms with E-state index in [0.29, 0.717) is 6.61 Å². The zero-order valence-electron chi connectivity index (χ0n) is 13.7. The third-order valence-electron chi connectivity index (χ3n) is 3.99. The second kappa shape index (κ2) is 9.48. The van der Waals surface area contributed by atoms with Crippen LogP contribution in [0.2, 0.25) is 0 Å². The molecule has 0 radical (unpaired) electrons. The van der Waals surface area contributed by atoms with E-state index in [4.69, 9.17) is 9.15 Å². The molecule has 0 bridgehead atoms. The van der Waals surface area contributed by atoms with Gasteiger partial charge in [-0.15, -0.1) is 0 Å². The van der Waals surface area contributed by atoms with Gasteiger partial charge in [0.2, 0.25) is 0 Å². The summed E-state index contributed by atoms with van der Waals surface area (Å²) in [7, 11) is 3.48. The maximum Gasteiger partial charge on any atom is 0.191 e. The molecule has 0 aromatic carbocycles. The molecule has 1 saturated heterocycles. The van der Waals surface area contributed by atoms with E-state index in [0.717, 1.165) is 37.9 Å². The van der Waals surface area contributed by atoms with E-state index >= 15 is 0 Å². The topological polar surface area (TPSA) is 62.0 Å². The van der Waals surface area contributed by atoms with Crippen molar-refractivity contribution in [3.05, 3.63) is 24.2 Å². The van der Waals surface area contributed by atoms with Crippen LogP contribution in [0, 0.1) is 0 Å². The Morgan fingerprint density at radius 2 is 2.18 bits per heavy atom. The number of methoxy groups -OCH3 is 1. The van der Waals surface area contributed by atoms with Crippen molar-refractivity contribution in [2.45, 2.75) is 25.3 Å². The van der Waals surface area contributed by atoms with E-state index in [2.05, 4.69) is 26.6 Å². The number of hydrogen-bond donors (Lipinski definition) is 2. The number of hydrogen-bond acceptors (Lipinski definition) is 4. The van der Waals surface area contributed by atoms with Crippen LogP contribution in [0.15, 0.2) is 27.8 Å². The minimum Gasteiger partial charge on any atom is -0.468 e. The van der Waals surface area contributed by atoms with Crippen molar-refractivity contribution >= 4 is 5.96 Å². The highest BCUT2D eigenvalue weighted by molar-refractivity contribution is 5.79. The van der Waals surface area contributed by atoms with Crippen molar-refractivity contribution in [1.82, 2.24) is 15.5 Å². The number of aliphatic imine (C=N–C) groups is 1. The van der Waals surface area contributed by atoms with E-state index in [1.165, 1.54) is 19.3 Å². The highest BCUT2D eigenvalue weighted by Gasteiger charge is 2.24. The van der Waals surface area contributed by atoms with Crippen molar-refractivity contribution in [2.75, 3.05) is 46.9 Å².